The molecule has 1 N–H and O–H groups in total. The number of pyridine rings is 1. The van der Waals surface area contributed by atoms with Gasteiger partial charge in [-0.1, -0.05) is 12.1 Å². The molecule has 234 valence electrons. The highest BCUT2D eigenvalue weighted by Crippen LogP contribution is 2.44. The predicted octanol–water partition coefficient (Wildman–Crippen LogP) is 8.22. The molecule has 0 spiro atoms. The van der Waals surface area contributed by atoms with Gasteiger partial charge in [0.25, 0.3) is 0 Å². The minimum absolute atomic E-state index is 0.0737. The smallest absolute Gasteiger partial charge is 0.416 e. The second kappa shape index (κ2) is 12.0. The summed E-state index contributed by atoms with van der Waals surface area (Å²) in [4.78, 5) is 19.7. The zero-order valence-corrected chi connectivity index (χ0v) is 24.7. The number of aromatic nitrogens is 1. The van der Waals surface area contributed by atoms with E-state index in [1.54, 1.807) is 14.0 Å². The van der Waals surface area contributed by atoms with Crippen molar-refractivity contribution in [3.8, 4) is 16.9 Å². The molecule has 3 aromatic rings. The number of rotatable bonds is 8. The van der Waals surface area contributed by atoms with E-state index in [4.69, 9.17) is 14.5 Å². The lowest BCUT2D eigenvalue weighted by molar-refractivity contribution is -0.137. The van der Waals surface area contributed by atoms with Crippen molar-refractivity contribution < 1.29 is 36.9 Å². The first-order chi connectivity index (χ1) is 21.0. The summed E-state index contributed by atoms with van der Waals surface area (Å²) >= 11 is 0. The number of carbonyl (C=O) groups is 1. The average molecular weight is 613 g/mol. The first-order valence-electron chi connectivity index (χ1n) is 15.2. The van der Waals surface area contributed by atoms with Gasteiger partial charge < -0.3 is 14.6 Å². The molecule has 3 aliphatic rings. The Hall–Kier alpha value is -3.66. The van der Waals surface area contributed by atoms with Gasteiger partial charge in [0, 0.05) is 22.7 Å². The number of aliphatic hydroxyl groups excluding tert-OH is 1. The maximum atomic E-state index is 13.6. The molecular formula is C34H36F4N2O4. The molecular weight excluding hydrogens is 576 g/mol. The summed E-state index contributed by atoms with van der Waals surface area (Å²) < 4.78 is 65.6. The molecule has 1 aromatic heterocycles. The third-order valence-electron chi connectivity index (χ3n) is 9.21. The molecule has 6 rings (SSSR count). The van der Waals surface area contributed by atoms with Crippen LogP contribution in [-0.4, -0.2) is 40.3 Å². The number of hydrogen-bond donors (Lipinski definition) is 1. The third kappa shape index (κ3) is 6.14. The van der Waals surface area contributed by atoms with Gasteiger partial charge in [0.05, 0.1) is 37.1 Å². The molecule has 2 atom stereocenters. The number of ether oxygens (including phenoxy) is 2. The SMILES string of the molecule is COc1ccc([C@H]2CC[C@H](O)CC2)cc1-c1ccc(C2CC2)nc1CN1C(=O)O[C@H](c2cc(CF)cc(C(F)(F)F)c2)[C@@H]1C. The van der Waals surface area contributed by atoms with E-state index in [9.17, 15) is 27.5 Å². The topological polar surface area (TPSA) is 71.9 Å². The predicted molar refractivity (Wildman–Crippen MR) is 156 cm³/mol. The quantitative estimate of drug-likeness (QED) is 0.260. The van der Waals surface area contributed by atoms with Crippen LogP contribution in [0.15, 0.2) is 48.5 Å². The standard InChI is InChI=1S/C34H36F4N2O4/c1-19-32(24-13-20(17-35)14-25(15-24)34(36,37)38)44-33(42)40(19)18-30-27(10-11-29(39-30)22-3-4-22)28-16-23(7-12-31(28)43-2)21-5-8-26(41)9-6-21/h7,10-16,19,21-22,26,32,41H,3-6,8-9,17-18H2,1-2H3/t19-,21-,26-,32-/m0/s1. The molecule has 0 unspecified atom stereocenters. The fourth-order valence-corrected chi connectivity index (χ4v) is 6.53. The Morgan fingerprint density at radius 2 is 1.68 bits per heavy atom. The van der Waals surface area contributed by atoms with Crippen molar-refractivity contribution in [2.45, 2.75) is 94.9 Å². The van der Waals surface area contributed by atoms with E-state index >= 15 is 0 Å². The van der Waals surface area contributed by atoms with Gasteiger partial charge in [0.15, 0.2) is 0 Å². The van der Waals surface area contributed by atoms with Crippen LogP contribution in [0.3, 0.4) is 0 Å². The van der Waals surface area contributed by atoms with Crippen LogP contribution in [-0.2, 0) is 24.1 Å². The van der Waals surface area contributed by atoms with Crippen molar-refractivity contribution in [1.29, 1.82) is 0 Å². The fraction of sp³-hybridized carbons (Fsp3) is 0.471. The number of aliphatic hydroxyl groups is 1. The van der Waals surface area contributed by atoms with Gasteiger partial charge in [-0.15, -0.1) is 0 Å². The molecule has 3 fully saturated rings. The number of cyclic esters (lactones) is 1. The Morgan fingerprint density at radius 3 is 2.34 bits per heavy atom. The Kier molecular flexibility index (Phi) is 8.30. The molecule has 2 aliphatic carbocycles. The number of halogens is 4. The number of hydrogen-bond acceptors (Lipinski definition) is 5. The molecule has 1 saturated heterocycles. The minimum atomic E-state index is -4.67. The molecule has 10 heteroatoms. The second-order valence-corrected chi connectivity index (χ2v) is 12.2. The van der Waals surface area contributed by atoms with E-state index in [0.717, 1.165) is 73.0 Å². The lowest BCUT2D eigenvalue weighted by Crippen LogP contribution is -2.32. The van der Waals surface area contributed by atoms with Crippen molar-refractivity contribution in [2.75, 3.05) is 7.11 Å². The molecule has 1 amide bonds. The fourth-order valence-electron chi connectivity index (χ4n) is 6.53. The summed E-state index contributed by atoms with van der Waals surface area (Å²) in [7, 11) is 1.60. The van der Waals surface area contributed by atoms with Crippen molar-refractivity contribution in [3.05, 3.63) is 82.2 Å². The lowest BCUT2D eigenvalue weighted by Gasteiger charge is -2.27. The van der Waals surface area contributed by atoms with Gasteiger partial charge in [0.1, 0.15) is 18.5 Å². The van der Waals surface area contributed by atoms with Crippen LogP contribution in [0, 0.1) is 0 Å². The highest BCUT2D eigenvalue weighted by molar-refractivity contribution is 5.75. The summed E-state index contributed by atoms with van der Waals surface area (Å²) in [6.45, 7) is 0.720. The molecule has 6 nitrogen and oxygen atoms in total. The van der Waals surface area contributed by atoms with Crippen LogP contribution < -0.4 is 4.74 Å². The summed E-state index contributed by atoms with van der Waals surface area (Å²) in [5.41, 5.74) is 3.34. The lowest BCUT2D eigenvalue weighted by atomic mass is 9.82. The van der Waals surface area contributed by atoms with E-state index in [-0.39, 0.29) is 23.8 Å². The Bertz CT molecular complexity index is 1530. The number of benzene rings is 2. The number of methoxy groups -OCH3 is 1. The van der Waals surface area contributed by atoms with Crippen LogP contribution in [0.4, 0.5) is 22.4 Å². The molecule has 0 radical (unpaired) electrons. The Balaban J connectivity index is 1.35. The highest BCUT2D eigenvalue weighted by Gasteiger charge is 2.42. The number of nitrogens with zero attached hydrogens (tertiary/aromatic N) is 2. The van der Waals surface area contributed by atoms with E-state index in [2.05, 4.69) is 12.1 Å². The van der Waals surface area contributed by atoms with Gasteiger partial charge >= 0.3 is 12.3 Å². The molecule has 2 aromatic carbocycles. The average Bonchev–Trinajstić information content (AvgIpc) is 3.83. The van der Waals surface area contributed by atoms with Crippen molar-refractivity contribution in [2.24, 2.45) is 0 Å². The van der Waals surface area contributed by atoms with Crippen LogP contribution in [0.25, 0.3) is 11.1 Å². The Labute approximate surface area is 254 Å². The van der Waals surface area contributed by atoms with Crippen LogP contribution in [0.2, 0.25) is 0 Å². The van der Waals surface area contributed by atoms with E-state index in [1.165, 1.54) is 11.0 Å². The maximum Gasteiger partial charge on any atom is 0.416 e. The molecule has 44 heavy (non-hydrogen) atoms. The van der Waals surface area contributed by atoms with Gasteiger partial charge in [-0.25, -0.2) is 9.18 Å². The molecule has 2 heterocycles. The Morgan fingerprint density at radius 1 is 0.955 bits per heavy atom. The largest absolute Gasteiger partial charge is 0.496 e. The highest BCUT2D eigenvalue weighted by atomic mass is 19.4. The van der Waals surface area contributed by atoms with Gasteiger partial charge in [0.2, 0.25) is 0 Å². The number of carbonyl (C=O) groups excluding carboxylic acids is 1. The first kappa shape index (κ1) is 30.4. The summed E-state index contributed by atoms with van der Waals surface area (Å²) in [6.07, 6.45) is -1.26. The summed E-state index contributed by atoms with van der Waals surface area (Å²) in [5, 5.41) is 10.0. The van der Waals surface area contributed by atoms with Gasteiger partial charge in [-0.2, -0.15) is 13.2 Å². The van der Waals surface area contributed by atoms with Crippen molar-refractivity contribution in [1.82, 2.24) is 9.88 Å². The maximum absolute atomic E-state index is 13.6. The van der Waals surface area contributed by atoms with Crippen LogP contribution in [0.5, 0.6) is 5.75 Å². The van der Waals surface area contributed by atoms with E-state index in [1.807, 2.05) is 18.2 Å². The first-order valence-corrected chi connectivity index (χ1v) is 15.2. The van der Waals surface area contributed by atoms with E-state index in [0.29, 0.717) is 23.3 Å². The third-order valence-corrected chi connectivity index (χ3v) is 9.21. The summed E-state index contributed by atoms with van der Waals surface area (Å²) in [5.74, 6) is 1.32. The van der Waals surface area contributed by atoms with Crippen molar-refractivity contribution in [3.63, 3.8) is 0 Å². The zero-order chi connectivity index (χ0) is 31.2. The monoisotopic (exact) mass is 612 g/mol. The van der Waals surface area contributed by atoms with Crippen LogP contribution >= 0.6 is 0 Å². The van der Waals surface area contributed by atoms with Gasteiger partial charge in [-0.05, 0) is 104 Å². The number of alkyl halides is 4. The normalized spacial score (nSPS) is 24.0. The molecule has 0 bridgehead atoms. The summed E-state index contributed by atoms with van der Waals surface area (Å²) in [6, 6.07) is 12.5. The van der Waals surface area contributed by atoms with Gasteiger partial charge in [-0.3, -0.25) is 9.88 Å². The van der Waals surface area contributed by atoms with E-state index < -0.39 is 36.7 Å². The van der Waals surface area contributed by atoms with Crippen LogP contribution in [0.1, 0.15) is 97.0 Å². The minimum Gasteiger partial charge on any atom is -0.496 e. The zero-order valence-electron chi connectivity index (χ0n) is 24.7. The molecule has 2 saturated carbocycles. The number of amides is 1. The second-order valence-electron chi connectivity index (χ2n) is 12.2. The molecule has 1 aliphatic heterocycles. The van der Waals surface area contributed by atoms with Crippen molar-refractivity contribution >= 4 is 6.09 Å².